The van der Waals surface area contributed by atoms with Crippen LogP contribution in [0, 0.1) is 0 Å². The number of pyridine rings is 1. The maximum atomic E-state index is 12.5. The van der Waals surface area contributed by atoms with Gasteiger partial charge >= 0.3 is 5.97 Å². The van der Waals surface area contributed by atoms with Crippen LogP contribution in [0.25, 0.3) is 11.3 Å². The molecule has 2 N–H and O–H groups in total. The van der Waals surface area contributed by atoms with E-state index in [9.17, 15) is 18.3 Å². The van der Waals surface area contributed by atoms with Crippen molar-refractivity contribution in [2.24, 2.45) is 0 Å². The van der Waals surface area contributed by atoms with Crippen LogP contribution in [0.5, 0.6) is 5.75 Å². The number of nitrogens with zero attached hydrogens (tertiary/aromatic N) is 3. The standard InChI is InChI=1S/C21H22N4O5S/c1-30-15-4-2-5-16(12-15)31(28,29)23-9-3-11-25-20(21(26)27)18-7-6-14-13-22-10-8-17(14)19(18)24-25/h2,4-5,8,10,12-13,23H,3,6-7,9,11H2,1H3,(H,26,27). The van der Waals surface area contributed by atoms with Crippen molar-refractivity contribution in [3.63, 3.8) is 0 Å². The molecule has 1 aromatic carbocycles. The topological polar surface area (TPSA) is 123 Å². The van der Waals surface area contributed by atoms with E-state index < -0.39 is 16.0 Å². The molecule has 0 atom stereocenters. The van der Waals surface area contributed by atoms with Gasteiger partial charge in [0.05, 0.1) is 17.7 Å². The lowest BCUT2D eigenvalue weighted by molar-refractivity contribution is 0.0681. The third-order valence-electron chi connectivity index (χ3n) is 5.25. The predicted molar refractivity (Wildman–Crippen MR) is 113 cm³/mol. The monoisotopic (exact) mass is 442 g/mol. The van der Waals surface area contributed by atoms with Crippen LogP contribution in [0.15, 0.2) is 47.6 Å². The van der Waals surface area contributed by atoms with Gasteiger partial charge in [0.15, 0.2) is 0 Å². The molecular weight excluding hydrogens is 420 g/mol. The molecule has 3 aromatic rings. The first-order valence-corrected chi connectivity index (χ1v) is 11.3. The molecule has 2 aromatic heterocycles. The molecule has 2 heterocycles. The molecule has 1 aliphatic rings. The molecule has 1 aliphatic carbocycles. The number of rotatable bonds is 8. The molecule has 0 saturated heterocycles. The number of nitrogens with one attached hydrogen (secondary N) is 1. The Hall–Kier alpha value is -3.24. The van der Waals surface area contributed by atoms with E-state index in [1.807, 2.05) is 6.07 Å². The molecule has 0 aliphatic heterocycles. The van der Waals surface area contributed by atoms with Crippen LogP contribution in [-0.2, 0) is 29.4 Å². The Morgan fingerprint density at radius 3 is 2.90 bits per heavy atom. The third kappa shape index (κ3) is 4.17. The molecule has 0 amide bonds. The minimum absolute atomic E-state index is 0.109. The molecule has 0 saturated carbocycles. The van der Waals surface area contributed by atoms with Crippen molar-refractivity contribution < 1.29 is 23.1 Å². The number of hydrogen-bond acceptors (Lipinski definition) is 6. The molecule has 9 nitrogen and oxygen atoms in total. The van der Waals surface area contributed by atoms with Gasteiger partial charge in [-0.1, -0.05) is 6.07 Å². The maximum absolute atomic E-state index is 12.5. The van der Waals surface area contributed by atoms with E-state index in [0.717, 1.165) is 11.1 Å². The first kappa shape index (κ1) is 21.0. The number of methoxy groups -OCH3 is 1. The van der Waals surface area contributed by atoms with Gasteiger partial charge in [0, 0.05) is 42.7 Å². The van der Waals surface area contributed by atoms with E-state index in [1.54, 1.807) is 24.5 Å². The number of aromatic nitrogens is 3. The lowest BCUT2D eigenvalue weighted by Crippen LogP contribution is -2.26. The molecule has 31 heavy (non-hydrogen) atoms. The second-order valence-electron chi connectivity index (χ2n) is 7.17. The van der Waals surface area contributed by atoms with Crippen molar-refractivity contribution >= 4 is 16.0 Å². The highest BCUT2D eigenvalue weighted by atomic mass is 32.2. The van der Waals surface area contributed by atoms with Crippen LogP contribution >= 0.6 is 0 Å². The molecular formula is C21H22N4O5S. The van der Waals surface area contributed by atoms with Gasteiger partial charge in [-0.15, -0.1) is 0 Å². The Kier molecular flexibility index (Phi) is 5.75. The van der Waals surface area contributed by atoms with Gasteiger partial charge in [0.25, 0.3) is 0 Å². The quantitative estimate of drug-likeness (QED) is 0.512. The number of fused-ring (bicyclic) bond motifs is 3. The Labute approximate surface area is 179 Å². The maximum Gasteiger partial charge on any atom is 0.354 e. The summed E-state index contributed by atoms with van der Waals surface area (Å²) >= 11 is 0. The van der Waals surface area contributed by atoms with Gasteiger partial charge in [-0.2, -0.15) is 5.10 Å². The van der Waals surface area contributed by atoms with Crippen LogP contribution in [0.1, 0.15) is 28.0 Å². The summed E-state index contributed by atoms with van der Waals surface area (Å²) in [5, 5.41) is 14.3. The Morgan fingerprint density at radius 1 is 1.29 bits per heavy atom. The van der Waals surface area contributed by atoms with Crippen LogP contribution in [0.4, 0.5) is 0 Å². The summed E-state index contributed by atoms with van der Waals surface area (Å²) in [6.07, 6.45) is 5.12. The summed E-state index contributed by atoms with van der Waals surface area (Å²) in [5.41, 5.74) is 3.48. The second kappa shape index (κ2) is 8.48. The summed E-state index contributed by atoms with van der Waals surface area (Å²) in [5.74, 6) is -0.588. The lowest BCUT2D eigenvalue weighted by Gasteiger charge is -2.14. The van der Waals surface area contributed by atoms with Crippen molar-refractivity contribution in [1.29, 1.82) is 0 Å². The van der Waals surface area contributed by atoms with Gasteiger partial charge in [-0.25, -0.2) is 17.9 Å². The molecule has 0 spiro atoms. The summed E-state index contributed by atoms with van der Waals surface area (Å²) in [7, 11) is -2.23. The average Bonchev–Trinajstić information content (AvgIpc) is 3.16. The second-order valence-corrected chi connectivity index (χ2v) is 8.93. The fourth-order valence-electron chi connectivity index (χ4n) is 3.76. The number of carbonyl (C=O) groups is 1. The molecule has 0 fully saturated rings. The summed E-state index contributed by atoms with van der Waals surface area (Å²) in [6.45, 7) is 0.416. The number of carboxylic acid groups (broad SMARTS) is 1. The van der Waals surface area contributed by atoms with Crippen LogP contribution in [0.3, 0.4) is 0 Å². The Balaban J connectivity index is 1.48. The highest BCUT2D eigenvalue weighted by Crippen LogP contribution is 2.34. The SMILES string of the molecule is COc1cccc(S(=O)(=O)NCCCn2nc3c(c2C(=O)O)CCc2cnccc2-3)c1. The minimum Gasteiger partial charge on any atom is -0.497 e. The predicted octanol–water partition coefficient (Wildman–Crippen LogP) is 2.12. The molecule has 0 bridgehead atoms. The van der Waals surface area contributed by atoms with Gasteiger partial charge in [0.1, 0.15) is 11.4 Å². The van der Waals surface area contributed by atoms with E-state index in [0.29, 0.717) is 36.3 Å². The number of benzene rings is 1. The highest BCUT2D eigenvalue weighted by Gasteiger charge is 2.28. The number of carboxylic acids is 1. The van der Waals surface area contributed by atoms with Crippen LogP contribution in [-0.4, -0.2) is 47.9 Å². The molecule has 0 unspecified atom stereocenters. The number of aromatic carboxylic acids is 1. The van der Waals surface area contributed by atoms with Crippen molar-refractivity contribution in [2.45, 2.75) is 30.7 Å². The lowest BCUT2D eigenvalue weighted by atomic mass is 9.90. The van der Waals surface area contributed by atoms with Crippen LogP contribution < -0.4 is 9.46 Å². The van der Waals surface area contributed by atoms with Crippen molar-refractivity contribution in [1.82, 2.24) is 19.5 Å². The zero-order valence-corrected chi connectivity index (χ0v) is 17.7. The number of ether oxygens (including phenoxy) is 1. The van der Waals surface area contributed by atoms with E-state index in [2.05, 4.69) is 14.8 Å². The average molecular weight is 442 g/mol. The Bertz CT molecular complexity index is 1240. The van der Waals surface area contributed by atoms with E-state index in [-0.39, 0.29) is 23.7 Å². The smallest absolute Gasteiger partial charge is 0.354 e. The van der Waals surface area contributed by atoms with E-state index >= 15 is 0 Å². The van der Waals surface area contributed by atoms with E-state index in [4.69, 9.17) is 4.74 Å². The van der Waals surface area contributed by atoms with E-state index in [1.165, 1.54) is 23.9 Å². The van der Waals surface area contributed by atoms with Crippen molar-refractivity contribution in [2.75, 3.05) is 13.7 Å². The fraction of sp³-hybridized carbons (Fsp3) is 0.286. The fourth-order valence-corrected chi connectivity index (χ4v) is 4.87. The third-order valence-corrected chi connectivity index (χ3v) is 6.71. The molecule has 162 valence electrons. The van der Waals surface area contributed by atoms with Crippen LogP contribution in [0.2, 0.25) is 0 Å². The first-order chi connectivity index (χ1) is 14.9. The normalized spacial score (nSPS) is 12.8. The minimum atomic E-state index is -3.70. The van der Waals surface area contributed by atoms with Crippen molar-refractivity contribution in [3.05, 3.63) is 59.5 Å². The first-order valence-electron chi connectivity index (χ1n) is 9.80. The largest absolute Gasteiger partial charge is 0.497 e. The summed E-state index contributed by atoms with van der Waals surface area (Å²) < 4.78 is 34.1. The summed E-state index contributed by atoms with van der Waals surface area (Å²) in [6, 6.07) is 8.05. The van der Waals surface area contributed by atoms with Gasteiger partial charge in [-0.3, -0.25) is 9.67 Å². The number of hydrogen-bond donors (Lipinski definition) is 2. The zero-order chi connectivity index (χ0) is 22.0. The molecule has 0 radical (unpaired) electrons. The Morgan fingerprint density at radius 2 is 2.13 bits per heavy atom. The van der Waals surface area contributed by atoms with Gasteiger partial charge in [0.2, 0.25) is 10.0 Å². The molecule has 10 heteroatoms. The number of aryl methyl sites for hydroxylation is 2. The van der Waals surface area contributed by atoms with Gasteiger partial charge in [-0.05, 0) is 43.0 Å². The van der Waals surface area contributed by atoms with Gasteiger partial charge < -0.3 is 9.84 Å². The number of sulfonamides is 1. The van der Waals surface area contributed by atoms with Crippen molar-refractivity contribution in [3.8, 4) is 17.0 Å². The zero-order valence-electron chi connectivity index (χ0n) is 16.9. The molecule has 4 rings (SSSR count). The summed E-state index contributed by atoms with van der Waals surface area (Å²) in [4.78, 5) is 16.1. The highest BCUT2D eigenvalue weighted by molar-refractivity contribution is 7.89.